The molecule has 0 saturated carbocycles. The van der Waals surface area contributed by atoms with Crippen LogP contribution in [-0.2, 0) is 4.74 Å². The number of rotatable bonds is 5. The summed E-state index contributed by atoms with van der Waals surface area (Å²) in [5.74, 6) is 0. The van der Waals surface area contributed by atoms with Gasteiger partial charge in [0, 0.05) is 13.2 Å². The van der Waals surface area contributed by atoms with Crippen LogP contribution in [0.25, 0.3) is 0 Å². The lowest BCUT2D eigenvalue weighted by atomic mass is 10.1. The number of ether oxygens (including phenoxy) is 1. The maximum Gasteiger partial charge on any atom is 0.0748 e. The molecule has 0 aromatic rings. The molecule has 0 aliphatic heterocycles. The molecule has 10 heavy (non-hydrogen) atoms. The average molecular weight is 145 g/mol. The predicted molar refractivity (Wildman–Crippen MR) is 44.0 cm³/mol. The fourth-order valence-electron chi connectivity index (χ4n) is 0.552. The molecule has 0 heterocycles. The molecule has 2 nitrogen and oxygen atoms in total. The fraction of sp³-hybridized carbons (Fsp3) is 1.00. The third kappa shape index (κ3) is 4.77. The van der Waals surface area contributed by atoms with E-state index >= 15 is 0 Å². The van der Waals surface area contributed by atoms with Crippen molar-refractivity contribution in [1.82, 2.24) is 0 Å². The van der Waals surface area contributed by atoms with Crippen LogP contribution >= 0.6 is 0 Å². The van der Waals surface area contributed by atoms with E-state index in [4.69, 9.17) is 10.5 Å². The van der Waals surface area contributed by atoms with Crippen molar-refractivity contribution in [3.63, 3.8) is 0 Å². The summed E-state index contributed by atoms with van der Waals surface area (Å²) >= 11 is 0. The third-order valence-corrected chi connectivity index (χ3v) is 1.48. The quantitative estimate of drug-likeness (QED) is 0.595. The molecule has 0 spiro atoms. The van der Waals surface area contributed by atoms with Gasteiger partial charge in [-0.3, -0.25) is 0 Å². The number of hydrogen-bond acceptors (Lipinski definition) is 2. The summed E-state index contributed by atoms with van der Waals surface area (Å²) in [5, 5.41) is 0. The maximum atomic E-state index is 5.49. The minimum Gasteiger partial charge on any atom is -0.374 e. The van der Waals surface area contributed by atoms with Gasteiger partial charge in [-0.1, -0.05) is 13.3 Å². The average Bonchev–Trinajstić information content (AvgIpc) is 1.89. The molecule has 0 radical (unpaired) electrons. The fourth-order valence-corrected chi connectivity index (χ4v) is 0.552. The summed E-state index contributed by atoms with van der Waals surface area (Å²) in [6.07, 6.45) is 2.31. The Morgan fingerprint density at radius 1 is 1.40 bits per heavy atom. The highest BCUT2D eigenvalue weighted by atomic mass is 16.5. The molecule has 2 heteroatoms. The lowest BCUT2D eigenvalue weighted by Crippen LogP contribution is -2.34. The highest BCUT2D eigenvalue weighted by Gasteiger charge is 2.14. The normalized spacial score (nSPS) is 12.0. The smallest absolute Gasteiger partial charge is 0.0748 e. The van der Waals surface area contributed by atoms with Gasteiger partial charge in [-0.25, -0.2) is 0 Å². The van der Waals surface area contributed by atoms with Gasteiger partial charge in [0.2, 0.25) is 0 Å². The summed E-state index contributed by atoms with van der Waals surface area (Å²) in [5.41, 5.74) is 5.33. The van der Waals surface area contributed by atoms with Gasteiger partial charge in [0.25, 0.3) is 0 Å². The van der Waals surface area contributed by atoms with Gasteiger partial charge in [0.1, 0.15) is 0 Å². The van der Waals surface area contributed by atoms with Crippen LogP contribution in [0.4, 0.5) is 0 Å². The van der Waals surface area contributed by atoms with Crippen molar-refractivity contribution in [2.24, 2.45) is 5.73 Å². The molecular formula is C8H19NO. The van der Waals surface area contributed by atoms with Crippen molar-refractivity contribution < 1.29 is 4.74 Å². The number of unbranched alkanes of at least 4 members (excludes halogenated alkanes) is 1. The molecule has 0 aromatic carbocycles. The predicted octanol–water partition coefficient (Wildman–Crippen LogP) is 1.54. The number of nitrogens with two attached hydrogens (primary N) is 1. The van der Waals surface area contributed by atoms with Gasteiger partial charge < -0.3 is 10.5 Å². The molecule has 62 valence electrons. The monoisotopic (exact) mass is 145 g/mol. The van der Waals surface area contributed by atoms with Crippen molar-refractivity contribution in [3.8, 4) is 0 Å². The lowest BCUT2D eigenvalue weighted by molar-refractivity contribution is -0.0116. The standard InChI is InChI=1S/C8H19NO/c1-4-5-6-10-8(2,3)7-9/h4-7,9H2,1-3H3. The minimum absolute atomic E-state index is 0.130. The van der Waals surface area contributed by atoms with E-state index in [0.29, 0.717) is 6.54 Å². The second-order valence-electron chi connectivity index (χ2n) is 3.17. The van der Waals surface area contributed by atoms with Crippen LogP contribution in [0.15, 0.2) is 0 Å². The molecule has 0 aliphatic rings. The molecule has 0 rings (SSSR count). The Balaban J connectivity index is 3.28. The summed E-state index contributed by atoms with van der Waals surface area (Å²) < 4.78 is 5.49. The molecule has 0 aromatic heterocycles. The molecule has 0 amide bonds. The number of hydrogen-bond donors (Lipinski definition) is 1. The molecule has 0 unspecified atom stereocenters. The topological polar surface area (TPSA) is 35.2 Å². The highest BCUT2D eigenvalue weighted by Crippen LogP contribution is 2.06. The molecular weight excluding hydrogens is 126 g/mol. The van der Waals surface area contributed by atoms with E-state index in [1.807, 2.05) is 13.8 Å². The minimum atomic E-state index is -0.130. The Morgan fingerprint density at radius 3 is 2.40 bits per heavy atom. The second-order valence-corrected chi connectivity index (χ2v) is 3.17. The molecule has 0 fully saturated rings. The van der Waals surface area contributed by atoms with E-state index in [-0.39, 0.29) is 5.60 Å². The van der Waals surface area contributed by atoms with E-state index in [9.17, 15) is 0 Å². The van der Waals surface area contributed by atoms with E-state index in [2.05, 4.69) is 6.92 Å². The largest absolute Gasteiger partial charge is 0.374 e. The first-order chi connectivity index (χ1) is 4.62. The van der Waals surface area contributed by atoms with Gasteiger partial charge in [-0.2, -0.15) is 0 Å². The van der Waals surface area contributed by atoms with Crippen LogP contribution in [0, 0.1) is 0 Å². The first-order valence-corrected chi connectivity index (χ1v) is 3.96. The van der Waals surface area contributed by atoms with Crippen molar-refractivity contribution >= 4 is 0 Å². The first-order valence-electron chi connectivity index (χ1n) is 3.96. The molecule has 0 aliphatic carbocycles. The van der Waals surface area contributed by atoms with Crippen LogP contribution in [0.1, 0.15) is 33.6 Å². The highest BCUT2D eigenvalue weighted by molar-refractivity contribution is 4.68. The van der Waals surface area contributed by atoms with E-state index in [1.54, 1.807) is 0 Å². The van der Waals surface area contributed by atoms with Crippen molar-refractivity contribution in [3.05, 3.63) is 0 Å². The Kier molecular flexibility index (Phi) is 4.65. The second kappa shape index (κ2) is 4.69. The van der Waals surface area contributed by atoms with Crippen molar-refractivity contribution in [2.75, 3.05) is 13.2 Å². The Morgan fingerprint density at radius 2 is 2.00 bits per heavy atom. The van der Waals surface area contributed by atoms with E-state index < -0.39 is 0 Å². The molecule has 2 N–H and O–H groups in total. The van der Waals surface area contributed by atoms with Crippen LogP contribution in [0.3, 0.4) is 0 Å². The summed E-state index contributed by atoms with van der Waals surface area (Å²) in [6, 6.07) is 0. The molecule has 0 saturated heterocycles. The lowest BCUT2D eigenvalue weighted by Gasteiger charge is -2.22. The van der Waals surface area contributed by atoms with Crippen LogP contribution in [0.5, 0.6) is 0 Å². The van der Waals surface area contributed by atoms with Crippen LogP contribution < -0.4 is 5.73 Å². The van der Waals surface area contributed by atoms with Gasteiger partial charge in [-0.15, -0.1) is 0 Å². The van der Waals surface area contributed by atoms with Gasteiger partial charge in [0.05, 0.1) is 5.60 Å². The van der Waals surface area contributed by atoms with E-state index in [1.165, 1.54) is 6.42 Å². The first kappa shape index (κ1) is 9.92. The zero-order chi connectivity index (χ0) is 8.04. The molecule has 0 bridgehead atoms. The van der Waals surface area contributed by atoms with Crippen molar-refractivity contribution in [1.29, 1.82) is 0 Å². The van der Waals surface area contributed by atoms with Crippen LogP contribution in [0.2, 0.25) is 0 Å². The Labute approximate surface area is 63.7 Å². The summed E-state index contributed by atoms with van der Waals surface area (Å²) in [7, 11) is 0. The summed E-state index contributed by atoms with van der Waals surface area (Å²) in [6.45, 7) is 7.61. The molecule has 0 atom stereocenters. The zero-order valence-electron chi connectivity index (χ0n) is 7.31. The maximum absolute atomic E-state index is 5.49. The van der Waals surface area contributed by atoms with Crippen LogP contribution in [-0.4, -0.2) is 18.8 Å². The summed E-state index contributed by atoms with van der Waals surface area (Å²) in [4.78, 5) is 0. The van der Waals surface area contributed by atoms with Gasteiger partial charge in [0.15, 0.2) is 0 Å². The zero-order valence-corrected chi connectivity index (χ0v) is 7.31. The SMILES string of the molecule is CCCCOC(C)(C)CN. The third-order valence-electron chi connectivity index (χ3n) is 1.48. The van der Waals surface area contributed by atoms with Crippen molar-refractivity contribution in [2.45, 2.75) is 39.2 Å². The van der Waals surface area contributed by atoms with Gasteiger partial charge in [-0.05, 0) is 20.3 Å². The van der Waals surface area contributed by atoms with E-state index in [0.717, 1.165) is 13.0 Å². The van der Waals surface area contributed by atoms with Gasteiger partial charge >= 0.3 is 0 Å². The Hall–Kier alpha value is -0.0800. The Bertz CT molecular complexity index is 81.3.